The monoisotopic (exact) mass is 168 g/mol. The van der Waals surface area contributed by atoms with Gasteiger partial charge in [-0.15, -0.1) is 0 Å². The summed E-state index contributed by atoms with van der Waals surface area (Å²) < 4.78 is 0. The van der Waals surface area contributed by atoms with Gasteiger partial charge >= 0.3 is 0 Å². The molecule has 1 fully saturated rings. The lowest BCUT2D eigenvalue weighted by Gasteiger charge is -2.38. The lowest BCUT2D eigenvalue weighted by Crippen LogP contribution is -2.64. The van der Waals surface area contributed by atoms with Gasteiger partial charge in [-0.05, 0) is 5.92 Å². The van der Waals surface area contributed by atoms with Crippen molar-refractivity contribution in [1.29, 1.82) is 0 Å². The van der Waals surface area contributed by atoms with Crippen molar-refractivity contribution in [2.24, 2.45) is 5.92 Å². The van der Waals surface area contributed by atoms with E-state index in [0.29, 0.717) is 18.5 Å². The summed E-state index contributed by atoms with van der Waals surface area (Å²) in [7, 11) is 0. The molecule has 0 saturated carbocycles. The molecule has 0 aromatic rings. The zero-order valence-corrected chi connectivity index (χ0v) is 6.90. The summed E-state index contributed by atoms with van der Waals surface area (Å²) >= 11 is 0. The highest BCUT2D eigenvalue weighted by Crippen LogP contribution is 2.19. The lowest BCUT2D eigenvalue weighted by molar-refractivity contribution is -0.191. The molecular weight excluding hydrogens is 156 g/mol. The van der Waals surface area contributed by atoms with Gasteiger partial charge in [0.1, 0.15) is 6.04 Å². The summed E-state index contributed by atoms with van der Waals surface area (Å²) in [5, 5.41) is 12.7. The van der Waals surface area contributed by atoms with Crippen LogP contribution in [0.25, 0.3) is 0 Å². The Kier molecular flexibility index (Phi) is 1.66. The highest BCUT2D eigenvalue weighted by Gasteiger charge is 2.38. The minimum atomic E-state index is -0.220. The van der Waals surface area contributed by atoms with Gasteiger partial charge in [0.25, 0.3) is 5.91 Å². The average molecular weight is 168 g/mol. The third kappa shape index (κ3) is 1.04. The van der Waals surface area contributed by atoms with Crippen LogP contribution in [0.3, 0.4) is 0 Å². The quantitative estimate of drug-likeness (QED) is 0.339. The van der Waals surface area contributed by atoms with E-state index in [2.05, 4.69) is 18.3 Å². The zero-order valence-electron chi connectivity index (χ0n) is 6.90. The molecule has 0 aromatic heterocycles. The number of hydrogen-bond donors (Lipinski definition) is 2. The Hall–Kier alpha value is -0.870. The molecule has 66 valence electrons. The van der Waals surface area contributed by atoms with Crippen molar-refractivity contribution in [1.82, 2.24) is 10.4 Å². The van der Waals surface area contributed by atoms with E-state index in [1.807, 2.05) is 6.08 Å². The van der Waals surface area contributed by atoms with E-state index in [9.17, 15) is 4.79 Å². The summed E-state index contributed by atoms with van der Waals surface area (Å²) in [6.45, 7) is 2.51. The Labute approximate surface area is 70.8 Å². The summed E-state index contributed by atoms with van der Waals surface area (Å²) in [5.74, 6) is 0.285. The van der Waals surface area contributed by atoms with Gasteiger partial charge in [0, 0.05) is 6.04 Å². The summed E-state index contributed by atoms with van der Waals surface area (Å²) in [6.07, 6.45) is 4.13. The first-order valence-corrected chi connectivity index (χ1v) is 4.13. The third-order valence-electron chi connectivity index (χ3n) is 2.49. The first-order chi connectivity index (χ1) is 5.68. The third-order valence-corrected chi connectivity index (χ3v) is 2.49. The number of nitrogens with zero attached hydrogens (tertiary/aromatic N) is 1. The van der Waals surface area contributed by atoms with E-state index >= 15 is 0 Å². The van der Waals surface area contributed by atoms with Gasteiger partial charge in [-0.3, -0.25) is 15.3 Å². The molecule has 2 rings (SSSR count). The fourth-order valence-corrected chi connectivity index (χ4v) is 1.42. The van der Waals surface area contributed by atoms with Crippen LogP contribution in [0.5, 0.6) is 0 Å². The van der Waals surface area contributed by atoms with E-state index in [-0.39, 0.29) is 11.9 Å². The van der Waals surface area contributed by atoms with Crippen molar-refractivity contribution in [3.63, 3.8) is 0 Å². The van der Waals surface area contributed by atoms with Crippen molar-refractivity contribution in [2.45, 2.75) is 19.0 Å². The van der Waals surface area contributed by atoms with E-state index < -0.39 is 0 Å². The van der Waals surface area contributed by atoms with Crippen LogP contribution in [0, 0.1) is 5.92 Å². The molecule has 1 aliphatic carbocycles. The summed E-state index contributed by atoms with van der Waals surface area (Å²) in [6, 6.07) is 0.139. The maximum Gasteiger partial charge on any atom is 0.265 e. The molecule has 12 heavy (non-hydrogen) atoms. The summed E-state index contributed by atoms with van der Waals surface area (Å²) in [4.78, 5) is 10.9. The topological polar surface area (TPSA) is 52.6 Å². The van der Waals surface area contributed by atoms with Gasteiger partial charge in [0.15, 0.2) is 0 Å². The molecule has 0 bridgehead atoms. The molecule has 2 aliphatic rings. The number of carbonyl (C=O) groups excluding carboxylic acids is 1. The molecular formula is C8H12N2O2. The maximum atomic E-state index is 10.9. The van der Waals surface area contributed by atoms with Gasteiger partial charge in [-0.25, -0.2) is 5.06 Å². The zero-order chi connectivity index (χ0) is 8.72. The van der Waals surface area contributed by atoms with Crippen LogP contribution < -0.4 is 5.32 Å². The van der Waals surface area contributed by atoms with E-state index in [1.54, 1.807) is 0 Å². The molecule has 0 radical (unpaired) electrons. The van der Waals surface area contributed by atoms with Crippen molar-refractivity contribution < 1.29 is 10.0 Å². The van der Waals surface area contributed by atoms with Gasteiger partial charge in [0.2, 0.25) is 0 Å². The molecule has 2 N–H and O–H groups in total. The second kappa shape index (κ2) is 2.57. The standard InChI is InChI=1S/C8H12N2O2/c1-5-2-3-6(5)9-7-4-10(12)8(7)11/h2-3,5-7,9,12H,4H2,1H3. The highest BCUT2D eigenvalue weighted by atomic mass is 16.5. The van der Waals surface area contributed by atoms with E-state index in [1.165, 1.54) is 0 Å². The fourth-order valence-electron chi connectivity index (χ4n) is 1.42. The molecule has 1 saturated heterocycles. The second-order valence-corrected chi connectivity index (χ2v) is 3.41. The average Bonchev–Trinajstić information content (AvgIpc) is 2.08. The van der Waals surface area contributed by atoms with Crippen molar-refractivity contribution in [3.05, 3.63) is 12.2 Å². The van der Waals surface area contributed by atoms with Gasteiger partial charge < -0.3 is 0 Å². The largest absolute Gasteiger partial charge is 0.297 e. The van der Waals surface area contributed by atoms with Crippen LogP contribution >= 0.6 is 0 Å². The first kappa shape index (κ1) is 7.76. The number of carbonyl (C=O) groups is 1. The molecule has 1 heterocycles. The van der Waals surface area contributed by atoms with Crippen LogP contribution in [-0.4, -0.2) is 34.8 Å². The molecule has 0 aromatic carbocycles. The van der Waals surface area contributed by atoms with Gasteiger partial charge in [0.05, 0.1) is 6.54 Å². The lowest BCUT2D eigenvalue weighted by atomic mass is 9.89. The minimum absolute atomic E-state index is 0.174. The molecule has 4 nitrogen and oxygen atoms in total. The van der Waals surface area contributed by atoms with Crippen LogP contribution in [0.4, 0.5) is 0 Å². The Morgan fingerprint density at radius 2 is 2.42 bits per heavy atom. The van der Waals surface area contributed by atoms with E-state index in [0.717, 1.165) is 5.06 Å². The second-order valence-electron chi connectivity index (χ2n) is 3.41. The number of nitrogens with one attached hydrogen (secondary N) is 1. The van der Waals surface area contributed by atoms with Crippen LogP contribution in [0.15, 0.2) is 12.2 Å². The van der Waals surface area contributed by atoms with Crippen molar-refractivity contribution in [3.8, 4) is 0 Å². The number of amides is 1. The van der Waals surface area contributed by atoms with Gasteiger partial charge in [-0.2, -0.15) is 0 Å². The number of rotatable bonds is 2. The predicted molar refractivity (Wildman–Crippen MR) is 42.5 cm³/mol. The van der Waals surface area contributed by atoms with E-state index in [4.69, 9.17) is 5.21 Å². The minimum Gasteiger partial charge on any atom is -0.297 e. The summed E-state index contributed by atoms with van der Waals surface area (Å²) in [5.41, 5.74) is 0. The Morgan fingerprint density at radius 1 is 1.67 bits per heavy atom. The Balaban J connectivity index is 1.82. The Bertz CT molecular complexity index is 239. The van der Waals surface area contributed by atoms with Crippen LogP contribution in [0.2, 0.25) is 0 Å². The maximum absolute atomic E-state index is 10.9. The molecule has 1 aliphatic heterocycles. The highest BCUT2D eigenvalue weighted by molar-refractivity contribution is 5.86. The fraction of sp³-hybridized carbons (Fsp3) is 0.625. The first-order valence-electron chi connectivity index (χ1n) is 4.13. The van der Waals surface area contributed by atoms with Gasteiger partial charge in [-0.1, -0.05) is 19.1 Å². The van der Waals surface area contributed by atoms with Crippen molar-refractivity contribution in [2.75, 3.05) is 6.54 Å². The van der Waals surface area contributed by atoms with Crippen molar-refractivity contribution >= 4 is 5.91 Å². The Morgan fingerprint density at radius 3 is 2.75 bits per heavy atom. The number of β-lactam (4-membered cyclic amide) rings is 1. The SMILES string of the molecule is CC1C=CC1NC1CN(O)C1=O. The molecule has 4 heteroatoms. The normalized spacial score (nSPS) is 39.3. The van der Waals surface area contributed by atoms with Crippen LogP contribution in [-0.2, 0) is 4.79 Å². The molecule has 1 amide bonds. The predicted octanol–water partition coefficient (Wildman–Crippen LogP) is -0.249. The number of hydroxylamine groups is 2. The number of hydrogen-bond acceptors (Lipinski definition) is 3. The molecule has 3 atom stereocenters. The smallest absolute Gasteiger partial charge is 0.265 e. The molecule has 3 unspecified atom stereocenters. The van der Waals surface area contributed by atoms with Crippen LogP contribution in [0.1, 0.15) is 6.92 Å². The molecule has 0 spiro atoms.